The first-order valence-electron chi connectivity index (χ1n) is 8.10. The number of nitrogens with zero attached hydrogens (tertiary/aromatic N) is 2. The van der Waals surface area contributed by atoms with Gasteiger partial charge in [-0.2, -0.15) is 4.98 Å². The lowest BCUT2D eigenvalue weighted by Crippen LogP contribution is -2.35. The Morgan fingerprint density at radius 1 is 1.21 bits per heavy atom. The maximum Gasteiger partial charge on any atom is 0.227 e. The maximum atomic E-state index is 13.5. The standard InChI is InChI=1S/C17H22FN3O2.ClH/c18-13-6-2-3-7-14(13)22-11-15-20-16(23-21-15)10-17(12-19)8-4-1-5-9-17;/h2-3,6-7H,1,4-5,8-12,19H2;1H. The molecule has 0 saturated heterocycles. The van der Waals surface area contributed by atoms with E-state index in [9.17, 15) is 4.39 Å². The van der Waals surface area contributed by atoms with Crippen LogP contribution < -0.4 is 10.5 Å². The molecule has 1 aliphatic carbocycles. The third-order valence-electron chi connectivity index (χ3n) is 4.58. The summed E-state index contributed by atoms with van der Waals surface area (Å²) >= 11 is 0. The molecular weight excluding hydrogens is 333 g/mol. The third-order valence-corrected chi connectivity index (χ3v) is 4.58. The van der Waals surface area contributed by atoms with Crippen molar-refractivity contribution in [2.75, 3.05) is 6.54 Å². The Bertz CT molecular complexity index is 644. The predicted octanol–water partition coefficient (Wildman–Crippen LogP) is 3.66. The molecule has 0 bridgehead atoms. The molecule has 5 nitrogen and oxygen atoms in total. The SMILES string of the molecule is Cl.NCC1(Cc2nc(COc3ccccc3F)no2)CCCCC1. The third kappa shape index (κ3) is 4.45. The fourth-order valence-electron chi connectivity index (χ4n) is 3.20. The second-order valence-electron chi connectivity index (χ2n) is 6.27. The van der Waals surface area contributed by atoms with Crippen molar-refractivity contribution in [3.63, 3.8) is 0 Å². The highest BCUT2D eigenvalue weighted by Gasteiger charge is 2.32. The summed E-state index contributed by atoms with van der Waals surface area (Å²) in [5.74, 6) is 0.792. The molecule has 0 radical (unpaired) electrons. The van der Waals surface area contributed by atoms with Gasteiger partial charge in [-0.15, -0.1) is 12.4 Å². The summed E-state index contributed by atoms with van der Waals surface area (Å²) in [4.78, 5) is 4.36. The Morgan fingerprint density at radius 3 is 2.67 bits per heavy atom. The number of ether oxygens (including phenoxy) is 1. The molecule has 0 amide bonds. The summed E-state index contributed by atoms with van der Waals surface area (Å²) < 4.78 is 24.2. The van der Waals surface area contributed by atoms with Crippen molar-refractivity contribution >= 4 is 12.4 Å². The van der Waals surface area contributed by atoms with E-state index < -0.39 is 5.82 Å². The fourth-order valence-corrected chi connectivity index (χ4v) is 3.20. The summed E-state index contributed by atoms with van der Waals surface area (Å²) in [6.07, 6.45) is 6.59. The Hall–Kier alpha value is -1.66. The highest BCUT2D eigenvalue weighted by Crippen LogP contribution is 2.38. The molecule has 1 heterocycles. The molecule has 0 unspecified atom stereocenters. The first kappa shape index (κ1) is 18.7. The first-order valence-corrected chi connectivity index (χ1v) is 8.10. The number of benzene rings is 1. The van der Waals surface area contributed by atoms with Gasteiger partial charge in [-0.3, -0.25) is 0 Å². The molecule has 1 aliphatic rings. The molecule has 1 fully saturated rings. The van der Waals surface area contributed by atoms with Crippen LogP contribution in [0.3, 0.4) is 0 Å². The Balaban J connectivity index is 0.00000208. The van der Waals surface area contributed by atoms with E-state index in [-0.39, 0.29) is 30.2 Å². The van der Waals surface area contributed by atoms with Gasteiger partial charge in [0, 0.05) is 6.42 Å². The predicted molar refractivity (Wildman–Crippen MR) is 90.6 cm³/mol. The molecule has 2 N–H and O–H groups in total. The van der Waals surface area contributed by atoms with Crippen LogP contribution in [0.4, 0.5) is 4.39 Å². The van der Waals surface area contributed by atoms with E-state index in [2.05, 4.69) is 10.1 Å². The number of halogens is 2. The van der Waals surface area contributed by atoms with Crippen molar-refractivity contribution in [3.05, 3.63) is 41.8 Å². The zero-order valence-electron chi connectivity index (χ0n) is 13.5. The number of hydrogen-bond acceptors (Lipinski definition) is 5. The zero-order valence-corrected chi connectivity index (χ0v) is 14.4. The Kier molecular flexibility index (Phi) is 6.57. The molecule has 0 spiro atoms. The van der Waals surface area contributed by atoms with E-state index >= 15 is 0 Å². The van der Waals surface area contributed by atoms with Gasteiger partial charge in [0.25, 0.3) is 0 Å². The van der Waals surface area contributed by atoms with Gasteiger partial charge >= 0.3 is 0 Å². The van der Waals surface area contributed by atoms with Crippen molar-refractivity contribution in [3.8, 4) is 5.75 Å². The summed E-state index contributed by atoms with van der Waals surface area (Å²) in [6.45, 7) is 0.719. The molecule has 7 heteroatoms. The van der Waals surface area contributed by atoms with Gasteiger partial charge in [0.1, 0.15) is 0 Å². The maximum absolute atomic E-state index is 13.5. The second-order valence-corrected chi connectivity index (χ2v) is 6.27. The number of aromatic nitrogens is 2. The van der Waals surface area contributed by atoms with Crippen LogP contribution in [0.5, 0.6) is 5.75 Å². The molecule has 0 atom stereocenters. The normalized spacial score (nSPS) is 16.4. The summed E-state index contributed by atoms with van der Waals surface area (Å²) in [6, 6.07) is 6.26. The van der Waals surface area contributed by atoms with Crippen molar-refractivity contribution < 1.29 is 13.7 Å². The van der Waals surface area contributed by atoms with Gasteiger partial charge in [-0.1, -0.05) is 36.6 Å². The lowest BCUT2D eigenvalue weighted by Gasteiger charge is -2.34. The minimum Gasteiger partial charge on any atom is -0.482 e. The lowest BCUT2D eigenvalue weighted by molar-refractivity contribution is 0.177. The van der Waals surface area contributed by atoms with Crippen molar-refractivity contribution in [2.45, 2.75) is 45.1 Å². The molecule has 1 aromatic heterocycles. The first-order chi connectivity index (χ1) is 11.2. The average molecular weight is 356 g/mol. The Labute approximate surface area is 147 Å². The topological polar surface area (TPSA) is 74.2 Å². The monoisotopic (exact) mass is 355 g/mol. The molecule has 132 valence electrons. The van der Waals surface area contributed by atoms with E-state index in [4.69, 9.17) is 15.0 Å². The minimum atomic E-state index is -0.402. The largest absolute Gasteiger partial charge is 0.482 e. The van der Waals surface area contributed by atoms with Crippen LogP contribution in [0.15, 0.2) is 28.8 Å². The highest BCUT2D eigenvalue weighted by molar-refractivity contribution is 5.85. The van der Waals surface area contributed by atoms with Gasteiger partial charge in [0.15, 0.2) is 18.2 Å². The summed E-state index contributed by atoms with van der Waals surface area (Å²) in [5, 5.41) is 3.92. The lowest BCUT2D eigenvalue weighted by atomic mass is 9.72. The van der Waals surface area contributed by atoms with Crippen molar-refractivity contribution in [2.24, 2.45) is 11.1 Å². The molecule has 2 aromatic rings. The highest BCUT2D eigenvalue weighted by atomic mass is 35.5. The molecule has 0 aliphatic heterocycles. The zero-order chi connectivity index (χ0) is 16.1. The van der Waals surface area contributed by atoms with Crippen LogP contribution in [-0.4, -0.2) is 16.7 Å². The molecule has 24 heavy (non-hydrogen) atoms. The quantitative estimate of drug-likeness (QED) is 0.855. The summed E-state index contributed by atoms with van der Waals surface area (Å²) in [7, 11) is 0. The second kappa shape index (κ2) is 8.44. The fraction of sp³-hybridized carbons (Fsp3) is 0.529. The van der Waals surface area contributed by atoms with E-state index in [1.54, 1.807) is 18.2 Å². The molecule has 1 aromatic carbocycles. The van der Waals surface area contributed by atoms with Gasteiger partial charge in [-0.25, -0.2) is 4.39 Å². The van der Waals surface area contributed by atoms with Gasteiger partial charge in [-0.05, 0) is 36.9 Å². The minimum absolute atomic E-state index is 0. The van der Waals surface area contributed by atoms with Gasteiger partial charge in [0.2, 0.25) is 11.7 Å². The van der Waals surface area contributed by atoms with Crippen LogP contribution in [0.1, 0.15) is 43.8 Å². The average Bonchev–Trinajstić information content (AvgIpc) is 3.02. The number of hydrogen-bond donors (Lipinski definition) is 1. The van der Waals surface area contributed by atoms with Crippen LogP contribution in [-0.2, 0) is 13.0 Å². The van der Waals surface area contributed by atoms with E-state index in [0.717, 1.165) is 12.8 Å². The van der Waals surface area contributed by atoms with Crippen molar-refractivity contribution in [1.29, 1.82) is 0 Å². The van der Waals surface area contributed by atoms with E-state index in [0.29, 0.717) is 24.7 Å². The van der Waals surface area contributed by atoms with E-state index in [1.807, 2.05) is 0 Å². The van der Waals surface area contributed by atoms with Crippen LogP contribution in [0, 0.1) is 11.2 Å². The summed E-state index contributed by atoms with van der Waals surface area (Å²) in [5.41, 5.74) is 6.07. The van der Waals surface area contributed by atoms with Crippen LogP contribution in [0.25, 0.3) is 0 Å². The number of nitrogens with two attached hydrogens (primary N) is 1. The van der Waals surface area contributed by atoms with Crippen LogP contribution >= 0.6 is 12.4 Å². The smallest absolute Gasteiger partial charge is 0.227 e. The van der Waals surface area contributed by atoms with Crippen molar-refractivity contribution in [1.82, 2.24) is 10.1 Å². The molecule has 1 saturated carbocycles. The number of para-hydroxylation sites is 1. The van der Waals surface area contributed by atoms with E-state index in [1.165, 1.54) is 25.3 Å². The molecular formula is C17H23ClFN3O2. The van der Waals surface area contributed by atoms with Crippen LogP contribution in [0.2, 0.25) is 0 Å². The Morgan fingerprint density at radius 2 is 1.96 bits per heavy atom. The number of rotatable bonds is 6. The van der Waals surface area contributed by atoms with Gasteiger partial charge < -0.3 is 15.0 Å². The molecule has 3 rings (SSSR count). The van der Waals surface area contributed by atoms with Gasteiger partial charge in [0.05, 0.1) is 0 Å².